The summed E-state index contributed by atoms with van der Waals surface area (Å²) in [5, 5.41) is 0. The monoisotopic (exact) mass is 720 g/mol. The van der Waals surface area contributed by atoms with E-state index in [-0.39, 0.29) is 24.8 Å². The number of rotatable bonds is 4. The van der Waals surface area contributed by atoms with Gasteiger partial charge in [-0.1, -0.05) is 0 Å². The van der Waals surface area contributed by atoms with Crippen LogP contribution < -0.4 is 0 Å². The fraction of sp³-hybridized carbons (Fsp3) is 0.176. The molecule has 0 aliphatic heterocycles. The van der Waals surface area contributed by atoms with Crippen molar-refractivity contribution in [3.63, 3.8) is 0 Å². The molecule has 2 aliphatic carbocycles. The molecule has 0 N–H and O–H groups in total. The number of benzene rings is 4. The topological polar surface area (TPSA) is 0 Å². The van der Waals surface area contributed by atoms with Gasteiger partial charge in [0.15, 0.2) is 0 Å². The van der Waals surface area contributed by atoms with Crippen molar-refractivity contribution < 1.29 is 20.1 Å². The molecule has 4 aromatic rings. The Morgan fingerprint density at radius 2 is 0.921 bits per heavy atom. The van der Waals surface area contributed by atoms with E-state index in [0.717, 1.165) is 0 Å². The number of fused-ring (bicyclic) bond motifs is 2. The first-order valence-electron chi connectivity index (χ1n) is 12.9. The smallest absolute Gasteiger partial charge is 0.147 e. The van der Waals surface area contributed by atoms with Gasteiger partial charge in [-0.3, -0.25) is 0 Å². The van der Waals surface area contributed by atoms with Crippen LogP contribution in [0.5, 0.6) is 0 Å². The molecule has 0 aromatic heterocycles. The molecule has 2 unspecified atom stereocenters. The minimum Gasteiger partial charge on any atom is -0.147 e. The third-order valence-corrected chi connectivity index (χ3v) is 36.2. The van der Waals surface area contributed by atoms with Crippen LogP contribution in [0.1, 0.15) is 43.5 Å². The summed E-state index contributed by atoms with van der Waals surface area (Å²) in [4.78, 5) is 0. The van der Waals surface area contributed by atoms with Gasteiger partial charge in [-0.15, -0.1) is 24.8 Å². The number of hydrogen-bond donors (Lipinski definition) is 0. The Balaban J connectivity index is 0.00000168. The normalized spacial score (nSPS) is 16.8. The zero-order valence-corrected chi connectivity index (χ0v) is 28.6. The zero-order valence-electron chi connectivity index (χ0n) is 22.4. The van der Waals surface area contributed by atoms with Gasteiger partial charge in [-0.05, 0) is 0 Å². The van der Waals surface area contributed by atoms with Crippen molar-refractivity contribution >= 4 is 42.5 Å². The van der Waals surface area contributed by atoms with E-state index in [1.54, 1.807) is 22.3 Å². The Hall–Kier alpha value is -1.97. The van der Waals surface area contributed by atoms with Crippen molar-refractivity contribution in [2.45, 2.75) is 34.3 Å². The second-order valence-electron chi connectivity index (χ2n) is 10.4. The van der Waals surface area contributed by atoms with Crippen molar-refractivity contribution in [2.24, 2.45) is 0 Å². The van der Waals surface area contributed by atoms with Crippen LogP contribution in [0, 0.1) is 0 Å². The van der Waals surface area contributed by atoms with Crippen LogP contribution in [-0.2, 0) is 20.1 Å². The molecule has 192 valence electrons. The van der Waals surface area contributed by atoms with Crippen LogP contribution in [0.3, 0.4) is 0 Å². The van der Waals surface area contributed by atoms with Gasteiger partial charge in [0.25, 0.3) is 0 Å². The van der Waals surface area contributed by atoms with E-state index in [4.69, 9.17) is 0 Å². The van der Waals surface area contributed by atoms with Crippen molar-refractivity contribution in [3.05, 3.63) is 130 Å². The van der Waals surface area contributed by atoms with Crippen molar-refractivity contribution in [1.82, 2.24) is 0 Å². The van der Waals surface area contributed by atoms with E-state index in [1.807, 2.05) is 0 Å². The van der Waals surface area contributed by atoms with Crippen molar-refractivity contribution in [3.8, 4) is 22.3 Å². The zero-order chi connectivity index (χ0) is 24.8. The summed E-state index contributed by atoms with van der Waals surface area (Å²) in [6.45, 7) is 10.1. The van der Waals surface area contributed by atoms with Gasteiger partial charge in [0.05, 0.1) is 0 Å². The van der Waals surface area contributed by atoms with Crippen LogP contribution in [-0.4, -0.2) is 5.49 Å². The van der Waals surface area contributed by atoms with E-state index >= 15 is 0 Å². The predicted molar refractivity (Wildman–Crippen MR) is 169 cm³/mol. The summed E-state index contributed by atoms with van der Waals surface area (Å²) < 4.78 is 1.36. The Morgan fingerprint density at radius 3 is 1.29 bits per heavy atom. The van der Waals surface area contributed by atoms with E-state index in [2.05, 4.69) is 136 Å². The molecule has 0 fully saturated rings. The predicted octanol–water partition coefficient (Wildman–Crippen LogP) is 10.3. The van der Waals surface area contributed by atoms with Gasteiger partial charge in [0.1, 0.15) is 0 Å². The molecule has 4 heteroatoms. The van der Waals surface area contributed by atoms with Gasteiger partial charge in [-0.2, -0.15) is 0 Å². The minimum absolute atomic E-state index is 0. The Labute approximate surface area is 247 Å². The van der Waals surface area contributed by atoms with Crippen molar-refractivity contribution in [1.29, 1.82) is 0 Å². The van der Waals surface area contributed by atoms with Gasteiger partial charge < -0.3 is 0 Å². The molecular weight excluding hydrogens is 686 g/mol. The van der Waals surface area contributed by atoms with E-state index in [1.165, 1.54) is 33.4 Å². The molecule has 38 heavy (non-hydrogen) atoms. The van der Waals surface area contributed by atoms with Gasteiger partial charge in [0.2, 0.25) is 0 Å². The Kier molecular flexibility index (Phi) is 9.20. The summed E-state index contributed by atoms with van der Waals surface area (Å²) in [7, 11) is 0. The molecule has 0 saturated carbocycles. The van der Waals surface area contributed by atoms with Gasteiger partial charge in [0, 0.05) is 0 Å². The summed E-state index contributed by atoms with van der Waals surface area (Å²) >= 11 is -2.26. The third kappa shape index (κ3) is 5.02. The maximum Gasteiger partial charge on any atom is -0.147 e. The summed E-state index contributed by atoms with van der Waals surface area (Å²) in [5.74, 6) is 0. The first kappa shape index (κ1) is 29.0. The molecule has 0 saturated heterocycles. The molecular formula is C34H34Cl2HfSi. The molecule has 0 amide bonds. The van der Waals surface area contributed by atoms with Crippen LogP contribution in [0.2, 0.25) is 13.1 Å². The fourth-order valence-corrected chi connectivity index (χ4v) is 35.8. The average Bonchev–Trinajstić information content (AvgIpc) is 3.41. The number of allylic oxidation sites excluding steroid dienone is 2. The number of halogens is 2. The minimum atomic E-state index is -2.26. The quantitative estimate of drug-likeness (QED) is 0.184. The van der Waals surface area contributed by atoms with Crippen LogP contribution in [0.25, 0.3) is 34.4 Å². The van der Waals surface area contributed by atoms with Crippen LogP contribution in [0.15, 0.2) is 108 Å². The SMILES string of the molecule is CC1=Cc2c(-c3ccccc3)cccc2[CH]1[Hf]([CH]1C(C)=Cc2c(-c3ccccc3)cccc21)=[Si](C)C.Cl.Cl. The van der Waals surface area contributed by atoms with Crippen molar-refractivity contribution in [2.75, 3.05) is 0 Å². The van der Waals surface area contributed by atoms with Crippen LogP contribution in [0.4, 0.5) is 0 Å². The maximum atomic E-state index is 2.62. The summed E-state index contributed by atoms with van der Waals surface area (Å²) in [6, 6.07) is 36.0. The fourth-order valence-electron chi connectivity index (χ4n) is 6.41. The van der Waals surface area contributed by atoms with Crippen LogP contribution >= 0.6 is 24.8 Å². The Bertz CT molecular complexity index is 1450. The number of hydrogen-bond acceptors (Lipinski definition) is 0. The Morgan fingerprint density at radius 1 is 0.526 bits per heavy atom. The first-order chi connectivity index (χ1) is 17.5. The molecule has 6 rings (SSSR count). The molecule has 0 spiro atoms. The molecule has 0 bridgehead atoms. The van der Waals surface area contributed by atoms with E-state index < -0.39 is 25.6 Å². The maximum absolute atomic E-state index is 2.62. The van der Waals surface area contributed by atoms with Gasteiger partial charge in [-0.25, -0.2) is 0 Å². The van der Waals surface area contributed by atoms with E-state index in [9.17, 15) is 0 Å². The average molecular weight is 720 g/mol. The second-order valence-corrected chi connectivity index (χ2v) is 35.4. The third-order valence-electron chi connectivity index (χ3n) is 7.93. The second kappa shape index (κ2) is 12.0. The molecule has 2 atom stereocenters. The van der Waals surface area contributed by atoms with E-state index in [0.29, 0.717) is 7.35 Å². The molecule has 0 radical (unpaired) electrons. The summed E-state index contributed by atoms with van der Waals surface area (Å²) in [6.07, 6.45) is 5.07. The van der Waals surface area contributed by atoms with Gasteiger partial charge >= 0.3 is 225 Å². The summed E-state index contributed by atoms with van der Waals surface area (Å²) in [5.41, 5.74) is 14.5. The molecule has 2 aliphatic rings. The standard InChI is InChI=1S/2C16H13.C2H6Si.2ClH.Hf/c2*1-12-10-14-8-5-9-15(16(14)11-12)13-6-3-2-4-7-13;1-3-2;;;/h2*2-11H,1H3;1-2H3;2*1H;. The molecule has 0 heterocycles. The largest absolute Gasteiger partial charge is 0.147 e. The molecule has 4 aromatic carbocycles. The molecule has 0 nitrogen and oxygen atoms in total. The first-order valence-corrected chi connectivity index (χ1v) is 25.0.